The average molecular weight is 320 g/mol. The summed E-state index contributed by atoms with van der Waals surface area (Å²) in [5, 5.41) is 3.42. The van der Waals surface area contributed by atoms with Gasteiger partial charge < -0.3 is 14.8 Å². The van der Waals surface area contributed by atoms with Crippen molar-refractivity contribution in [2.75, 3.05) is 19.0 Å². The fourth-order valence-corrected chi connectivity index (χ4v) is 2.52. The Bertz CT molecular complexity index is 662. The summed E-state index contributed by atoms with van der Waals surface area (Å²) in [4.78, 5) is 12.0. The van der Waals surface area contributed by atoms with Crippen LogP contribution in [0.4, 0.5) is 5.69 Å². The molecule has 4 nitrogen and oxygen atoms in total. The van der Waals surface area contributed by atoms with Crippen molar-refractivity contribution in [3.63, 3.8) is 0 Å². The number of benzene rings is 2. The van der Waals surface area contributed by atoms with Crippen molar-refractivity contribution in [2.45, 2.75) is 13.8 Å². The predicted octanol–water partition coefficient (Wildman–Crippen LogP) is 3.98. The number of hydrogen-bond donors (Lipinski definition) is 1. The molecular formula is C17H18ClNO3. The predicted molar refractivity (Wildman–Crippen MR) is 88.0 cm³/mol. The molecule has 0 aliphatic rings. The number of carbonyl (C=O) groups excluding carboxylic acids is 1. The molecule has 0 saturated heterocycles. The molecule has 0 aliphatic carbocycles. The van der Waals surface area contributed by atoms with Crippen LogP contribution in [0.5, 0.6) is 11.5 Å². The highest BCUT2D eigenvalue weighted by atomic mass is 35.5. The van der Waals surface area contributed by atoms with E-state index in [9.17, 15) is 4.79 Å². The maximum absolute atomic E-state index is 12.0. The number of aryl methyl sites for hydroxylation is 2. The molecule has 1 N–H and O–H groups in total. The van der Waals surface area contributed by atoms with Gasteiger partial charge in [-0.15, -0.1) is 0 Å². The molecule has 2 aromatic carbocycles. The van der Waals surface area contributed by atoms with Crippen LogP contribution in [0.15, 0.2) is 36.4 Å². The van der Waals surface area contributed by atoms with E-state index < -0.39 is 0 Å². The summed E-state index contributed by atoms with van der Waals surface area (Å²) in [7, 11) is 1.56. The largest absolute Gasteiger partial charge is 0.495 e. The molecule has 1 amide bonds. The molecule has 0 radical (unpaired) electrons. The number of ether oxygens (including phenoxy) is 2. The first kappa shape index (κ1) is 16.2. The Morgan fingerprint density at radius 1 is 1.18 bits per heavy atom. The maximum atomic E-state index is 12.0. The van der Waals surface area contributed by atoms with Gasteiger partial charge >= 0.3 is 0 Å². The molecule has 0 aliphatic heterocycles. The molecule has 0 unspecified atom stereocenters. The minimum absolute atomic E-state index is 0.0820. The lowest BCUT2D eigenvalue weighted by Gasteiger charge is -2.13. The fourth-order valence-electron chi connectivity index (χ4n) is 2.20. The van der Waals surface area contributed by atoms with Gasteiger partial charge in [0.1, 0.15) is 11.5 Å². The first-order valence-corrected chi connectivity index (χ1v) is 7.21. The number of rotatable bonds is 5. The number of para-hydroxylation sites is 2. The molecule has 0 spiro atoms. The molecule has 0 atom stereocenters. The first-order valence-electron chi connectivity index (χ1n) is 6.83. The van der Waals surface area contributed by atoms with Crippen LogP contribution >= 0.6 is 11.6 Å². The Labute approximate surface area is 135 Å². The summed E-state index contributed by atoms with van der Waals surface area (Å²) in [5.74, 6) is 1.03. The average Bonchev–Trinajstić information content (AvgIpc) is 2.46. The smallest absolute Gasteiger partial charge is 0.262 e. The van der Waals surface area contributed by atoms with E-state index in [1.54, 1.807) is 19.2 Å². The number of carbonyl (C=O) groups is 1. The zero-order chi connectivity index (χ0) is 16.1. The topological polar surface area (TPSA) is 47.6 Å². The van der Waals surface area contributed by atoms with Gasteiger partial charge in [-0.3, -0.25) is 4.79 Å². The summed E-state index contributed by atoms with van der Waals surface area (Å²) in [6.45, 7) is 3.71. The van der Waals surface area contributed by atoms with Crippen LogP contribution in [0, 0.1) is 13.8 Å². The summed E-state index contributed by atoms with van der Waals surface area (Å²) in [6.07, 6.45) is 0. The van der Waals surface area contributed by atoms with Crippen LogP contribution in [-0.4, -0.2) is 19.6 Å². The van der Waals surface area contributed by atoms with Gasteiger partial charge in [0.25, 0.3) is 5.91 Å². The zero-order valence-electron chi connectivity index (χ0n) is 12.8. The Morgan fingerprint density at radius 2 is 1.82 bits per heavy atom. The van der Waals surface area contributed by atoms with E-state index in [0.717, 1.165) is 11.1 Å². The Hall–Kier alpha value is -2.20. The second-order valence-corrected chi connectivity index (χ2v) is 5.34. The van der Waals surface area contributed by atoms with Crippen molar-refractivity contribution in [2.24, 2.45) is 0 Å². The summed E-state index contributed by atoms with van der Waals surface area (Å²) < 4.78 is 10.8. The van der Waals surface area contributed by atoms with E-state index in [-0.39, 0.29) is 12.5 Å². The molecular weight excluding hydrogens is 302 g/mol. The number of halogens is 1. The van der Waals surface area contributed by atoms with Crippen molar-refractivity contribution in [1.29, 1.82) is 0 Å². The Morgan fingerprint density at radius 3 is 2.45 bits per heavy atom. The van der Waals surface area contributed by atoms with Gasteiger partial charge in [-0.2, -0.15) is 0 Å². The molecule has 22 heavy (non-hydrogen) atoms. The number of nitrogens with one attached hydrogen (secondary N) is 1. The summed E-state index contributed by atoms with van der Waals surface area (Å²) in [6, 6.07) is 10.8. The number of methoxy groups -OCH3 is 1. The molecule has 0 fully saturated rings. The summed E-state index contributed by atoms with van der Waals surface area (Å²) in [5.41, 5.74) is 2.41. The zero-order valence-corrected chi connectivity index (χ0v) is 13.5. The number of hydrogen-bond acceptors (Lipinski definition) is 3. The third kappa shape index (κ3) is 3.92. The van der Waals surface area contributed by atoms with Crippen molar-refractivity contribution >= 4 is 23.2 Å². The standard InChI is InChI=1S/C17H18ClNO3/c1-11-8-13(18)9-12(2)17(11)22-10-16(20)19-14-6-4-5-7-15(14)21-3/h4-9H,10H2,1-3H3,(H,19,20). The van der Waals surface area contributed by atoms with E-state index in [0.29, 0.717) is 22.2 Å². The van der Waals surface area contributed by atoms with Gasteiger partial charge in [0, 0.05) is 5.02 Å². The highest BCUT2D eigenvalue weighted by Crippen LogP contribution is 2.27. The van der Waals surface area contributed by atoms with E-state index >= 15 is 0 Å². The summed E-state index contributed by atoms with van der Waals surface area (Å²) >= 11 is 5.98. The van der Waals surface area contributed by atoms with Crippen LogP contribution in [-0.2, 0) is 4.79 Å². The van der Waals surface area contributed by atoms with E-state index in [1.165, 1.54) is 0 Å². The highest BCUT2D eigenvalue weighted by molar-refractivity contribution is 6.30. The van der Waals surface area contributed by atoms with Crippen molar-refractivity contribution in [3.8, 4) is 11.5 Å². The molecule has 0 saturated carbocycles. The third-order valence-corrected chi connectivity index (χ3v) is 3.37. The Kier molecular flexibility index (Phi) is 5.28. The van der Waals surface area contributed by atoms with E-state index in [2.05, 4.69) is 5.32 Å². The quantitative estimate of drug-likeness (QED) is 0.906. The second kappa shape index (κ2) is 7.18. The normalized spacial score (nSPS) is 10.2. The van der Waals surface area contributed by atoms with Gasteiger partial charge in [-0.05, 0) is 49.2 Å². The lowest BCUT2D eigenvalue weighted by molar-refractivity contribution is -0.118. The van der Waals surface area contributed by atoms with Crippen molar-refractivity contribution in [3.05, 3.63) is 52.5 Å². The van der Waals surface area contributed by atoms with Gasteiger partial charge in [0.05, 0.1) is 12.8 Å². The van der Waals surface area contributed by atoms with Crippen LogP contribution in [0.3, 0.4) is 0 Å². The van der Waals surface area contributed by atoms with Gasteiger partial charge in [0.15, 0.2) is 6.61 Å². The lowest BCUT2D eigenvalue weighted by Crippen LogP contribution is -2.21. The molecule has 116 valence electrons. The van der Waals surface area contributed by atoms with Crippen molar-refractivity contribution in [1.82, 2.24) is 0 Å². The minimum atomic E-state index is -0.252. The fraction of sp³-hybridized carbons (Fsp3) is 0.235. The van der Waals surface area contributed by atoms with Crippen LogP contribution in [0.1, 0.15) is 11.1 Å². The number of amides is 1. The monoisotopic (exact) mass is 319 g/mol. The SMILES string of the molecule is COc1ccccc1NC(=O)COc1c(C)cc(Cl)cc1C. The van der Waals surface area contributed by atoms with Crippen LogP contribution < -0.4 is 14.8 Å². The van der Waals surface area contributed by atoms with Gasteiger partial charge in [-0.25, -0.2) is 0 Å². The van der Waals surface area contributed by atoms with Gasteiger partial charge in [-0.1, -0.05) is 23.7 Å². The highest BCUT2D eigenvalue weighted by Gasteiger charge is 2.10. The molecule has 0 aromatic heterocycles. The molecule has 2 rings (SSSR count). The van der Waals surface area contributed by atoms with Crippen LogP contribution in [0.2, 0.25) is 5.02 Å². The number of anilines is 1. The molecule has 0 bridgehead atoms. The van der Waals surface area contributed by atoms with Crippen molar-refractivity contribution < 1.29 is 14.3 Å². The molecule has 5 heteroatoms. The van der Waals surface area contributed by atoms with Crippen LogP contribution in [0.25, 0.3) is 0 Å². The third-order valence-electron chi connectivity index (χ3n) is 3.15. The second-order valence-electron chi connectivity index (χ2n) is 4.91. The molecule has 0 heterocycles. The minimum Gasteiger partial charge on any atom is -0.495 e. The molecule has 2 aromatic rings. The maximum Gasteiger partial charge on any atom is 0.262 e. The van der Waals surface area contributed by atoms with E-state index in [4.69, 9.17) is 21.1 Å². The van der Waals surface area contributed by atoms with E-state index in [1.807, 2.05) is 38.1 Å². The Balaban J connectivity index is 2.02. The lowest BCUT2D eigenvalue weighted by atomic mass is 10.1. The van der Waals surface area contributed by atoms with Gasteiger partial charge in [0.2, 0.25) is 0 Å². The first-order chi connectivity index (χ1) is 10.5.